The Bertz CT molecular complexity index is 223. The second-order valence-electron chi connectivity index (χ2n) is 5.48. The maximum atomic E-state index is 11.4. The quantitative estimate of drug-likeness (QED) is 0.801. The van der Waals surface area contributed by atoms with Gasteiger partial charge in [-0.3, -0.25) is 4.79 Å². The van der Waals surface area contributed by atoms with Crippen LogP contribution in [0.15, 0.2) is 0 Å². The highest BCUT2D eigenvalue weighted by Gasteiger charge is 2.32. The summed E-state index contributed by atoms with van der Waals surface area (Å²) >= 11 is 0. The van der Waals surface area contributed by atoms with Crippen LogP contribution in [0.5, 0.6) is 0 Å². The van der Waals surface area contributed by atoms with Gasteiger partial charge in [0, 0.05) is 6.54 Å². The van der Waals surface area contributed by atoms with Crippen LogP contribution >= 0.6 is 12.4 Å². The number of hydrogen-bond donors (Lipinski definition) is 2. The summed E-state index contributed by atoms with van der Waals surface area (Å²) in [4.78, 5) is 11.4. The molecule has 1 atom stereocenters. The molecule has 0 aliphatic heterocycles. The molecule has 1 rings (SSSR count). The summed E-state index contributed by atoms with van der Waals surface area (Å²) in [5.41, 5.74) is 5.72. The van der Waals surface area contributed by atoms with Gasteiger partial charge in [0.25, 0.3) is 0 Å². The van der Waals surface area contributed by atoms with Crippen LogP contribution in [0.25, 0.3) is 0 Å². The van der Waals surface area contributed by atoms with E-state index in [9.17, 15) is 4.79 Å². The molecule has 3 nitrogen and oxygen atoms in total. The van der Waals surface area contributed by atoms with Crippen LogP contribution in [0.3, 0.4) is 0 Å². The van der Waals surface area contributed by atoms with Gasteiger partial charge in [-0.15, -0.1) is 12.4 Å². The van der Waals surface area contributed by atoms with Crippen molar-refractivity contribution in [2.24, 2.45) is 17.1 Å². The molecule has 3 N–H and O–H groups in total. The summed E-state index contributed by atoms with van der Waals surface area (Å²) in [5, 5.41) is 2.94. The Morgan fingerprint density at radius 1 is 1.44 bits per heavy atom. The minimum absolute atomic E-state index is 0. The summed E-state index contributed by atoms with van der Waals surface area (Å²) in [7, 11) is 0. The summed E-state index contributed by atoms with van der Waals surface area (Å²) in [6.07, 6.45) is 5.30. The third-order valence-electron chi connectivity index (χ3n) is 3.59. The Kier molecular flexibility index (Phi) is 6.34. The molecule has 1 unspecified atom stereocenters. The van der Waals surface area contributed by atoms with Gasteiger partial charge < -0.3 is 11.1 Å². The highest BCUT2D eigenvalue weighted by molar-refractivity contribution is 5.85. The van der Waals surface area contributed by atoms with Gasteiger partial charge in [0.2, 0.25) is 5.91 Å². The lowest BCUT2D eigenvalue weighted by atomic mass is 9.77. The maximum absolute atomic E-state index is 11.4. The number of amides is 1. The first-order valence-corrected chi connectivity index (χ1v) is 5.97. The minimum atomic E-state index is -0.399. The number of nitrogens with one attached hydrogen (secondary N) is 1. The standard InChI is InChI=1S/C12H24N2O.ClH/c1-9(13)11(15)14-8-12(2,3)10-6-4-5-7-10;/h9-10H,4-8,13H2,1-3H3,(H,14,15);1H. The molecule has 0 spiro atoms. The van der Waals surface area contributed by atoms with E-state index in [0.717, 1.165) is 12.5 Å². The summed E-state index contributed by atoms with van der Waals surface area (Å²) < 4.78 is 0. The van der Waals surface area contributed by atoms with E-state index in [2.05, 4.69) is 19.2 Å². The van der Waals surface area contributed by atoms with Crippen molar-refractivity contribution in [1.82, 2.24) is 5.32 Å². The average Bonchev–Trinajstić information content (AvgIpc) is 2.67. The molecule has 0 saturated heterocycles. The van der Waals surface area contributed by atoms with Gasteiger partial charge in [0.05, 0.1) is 6.04 Å². The zero-order valence-corrected chi connectivity index (χ0v) is 11.4. The smallest absolute Gasteiger partial charge is 0.236 e. The molecule has 1 amide bonds. The number of carbonyl (C=O) groups is 1. The maximum Gasteiger partial charge on any atom is 0.236 e. The van der Waals surface area contributed by atoms with Crippen LogP contribution in [0.2, 0.25) is 0 Å². The van der Waals surface area contributed by atoms with Gasteiger partial charge in [-0.1, -0.05) is 26.7 Å². The predicted octanol–water partition coefficient (Wildman–Crippen LogP) is 2.09. The number of halogens is 1. The van der Waals surface area contributed by atoms with E-state index in [1.54, 1.807) is 6.92 Å². The summed E-state index contributed by atoms with van der Waals surface area (Å²) in [6.45, 7) is 6.95. The largest absolute Gasteiger partial charge is 0.354 e. The van der Waals surface area contributed by atoms with Gasteiger partial charge in [0.15, 0.2) is 0 Å². The topological polar surface area (TPSA) is 55.1 Å². The number of hydrogen-bond acceptors (Lipinski definition) is 2. The highest BCUT2D eigenvalue weighted by atomic mass is 35.5. The molecule has 0 aromatic carbocycles. The van der Waals surface area contributed by atoms with E-state index in [1.165, 1.54) is 25.7 Å². The highest BCUT2D eigenvalue weighted by Crippen LogP contribution is 2.38. The zero-order chi connectivity index (χ0) is 11.5. The number of nitrogens with two attached hydrogens (primary N) is 1. The van der Waals surface area contributed by atoms with Crippen molar-refractivity contribution in [1.29, 1.82) is 0 Å². The van der Waals surface area contributed by atoms with Crippen LogP contribution < -0.4 is 11.1 Å². The fraction of sp³-hybridized carbons (Fsp3) is 0.917. The van der Waals surface area contributed by atoms with E-state index in [4.69, 9.17) is 5.73 Å². The second kappa shape index (κ2) is 6.45. The van der Waals surface area contributed by atoms with Crippen molar-refractivity contribution in [3.8, 4) is 0 Å². The van der Waals surface area contributed by atoms with Gasteiger partial charge in [-0.2, -0.15) is 0 Å². The molecule has 96 valence electrons. The van der Waals surface area contributed by atoms with Gasteiger partial charge in [-0.25, -0.2) is 0 Å². The molecule has 0 radical (unpaired) electrons. The van der Waals surface area contributed by atoms with Crippen LogP contribution in [0.4, 0.5) is 0 Å². The molecule has 4 heteroatoms. The normalized spacial score (nSPS) is 19.0. The third kappa shape index (κ3) is 4.30. The summed E-state index contributed by atoms with van der Waals surface area (Å²) in [5.74, 6) is 0.715. The molecule has 1 aliphatic carbocycles. The number of carbonyl (C=O) groups excluding carboxylic acids is 1. The van der Waals surface area contributed by atoms with E-state index in [0.29, 0.717) is 0 Å². The molecule has 0 heterocycles. The molecule has 16 heavy (non-hydrogen) atoms. The van der Waals surface area contributed by atoms with E-state index < -0.39 is 6.04 Å². The lowest BCUT2D eigenvalue weighted by Crippen LogP contribution is -2.44. The fourth-order valence-electron chi connectivity index (χ4n) is 2.33. The predicted molar refractivity (Wildman–Crippen MR) is 69.6 cm³/mol. The molecule has 0 bridgehead atoms. The van der Waals surface area contributed by atoms with Crippen LogP contribution in [-0.4, -0.2) is 18.5 Å². The van der Waals surface area contributed by atoms with Crippen molar-refractivity contribution in [3.63, 3.8) is 0 Å². The Hall–Kier alpha value is -0.280. The Morgan fingerprint density at radius 2 is 1.94 bits per heavy atom. The van der Waals surface area contributed by atoms with E-state index in [1.807, 2.05) is 0 Å². The first-order chi connectivity index (χ1) is 6.93. The van der Waals surface area contributed by atoms with Crippen molar-refractivity contribution in [2.75, 3.05) is 6.54 Å². The lowest BCUT2D eigenvalue weighted by Gasteiger charge is -2.32. The van der Waals surface area contributed by atoms with E-state index in [-0.39, 0.29) is 23.7 Å². The fourth-order valence-corrected chi connectivity index (χ4v) is 2.33. The van der Waals surface area contributed by atoms with Crippen molar-refractivity contribution < 1.29 is 4.79 Å². The first-order valence-electron chi connectivity index (χ1n) is 5.97. The molecular weight excluding hydrogens is 224 g/mol. The monoisotopic (exact) mass is 248 g/mol. The minimum Gasteiger partial charge on any atom is -0.354 e. The lowest BCUT2D eigenvalue weighted by molar-refractivity contribution is -0.122. The van der Waals surface area contributed by atoms with Crippen LogP contribution in [0.1, 0.15) is 46.5 Å². The molecule has 1 fully saturated rings. The number of rotatable bonds is 4. The molecule has 0 aromatic rings. The average molecular weight is 249 g/mol. The molecule has 1 aliphatic rings. The second-order valence-corrected chi connectivity index (χ2v) is 5.48. The van der Waals surface area contributed by atoms with Crippen molar-refractivity contribution in [2.45, 2.75) is 52.5 Å². The van der Waals surface area contributed by atoms with Gasteiger partial charge in [-0.05, 0) is 31.1 Å². The molecular formula is C12H25ClN2O. The van der Waals surface area contributed by atoms with Crippen LogP contribution in [0, 0.1) is 11.3 Å². The van der Waals surface area contributed by atoms with Gasteiger partial charge >= 0.3 is 0 Å². The zero-order valence-electron chi connectivity index (χ0n) is 10.6. The first kappa shape index (κ1) is 15.7. The van der Waals surface area contributed by atoms with E-state index >= 15 is 0 Å². The Labute approximate surface area is 105 Å². The molecule has 0 aromatic heterocycles. The summed E-state index contributed by atoms with van der Waals surface area (Å²) in [6, 6.07) is -0.399. The van der Waals surface area contributed by atoms with Crippen molar-refractivity contribution >= 4 is 18.3 Å². The Balaban J connectivity index is 0.00000225. The third-order valence-corrected chi connectivity index (χ3v) is 3.59. The van der Waals surface area contributed by atoms with Crippen LogP contribution in [-0.2, 0) is 4.79 Å². The SMILES string of the molecule is CC(N)C(=O)NCC(C)(C)C1CCCC1.Cl. The Morgan fingerprint density at radius 3 is 2.38 bits per heavy atom. The molecule has 1 saturated carbocycles. The van der Waals surface area contributed by atoms with Crippen molar-refractivity contribution in [3.05, 3.63) is 0 Å². The van der Waals surface area contributed by atoms with Gasteiger partial charge in [0.1, 0.15) is 0 Å².